The van der Waals surface area contributed by atoms with Crippen molar-refractivity contribution >= 4 is 5.95 Å². The van der Waals surface area contributed by atoms with Gasteiger partial charge in [0, 0.05) is 7.05 Å². The molecular weight excluding hydrogens is 224 g/mol. The monoisotopic (exact) mass is 242 g/mol. The standard InChI is InChI=1S/C10H18N4O3/c1-10(2,6-15)14(3)7-11-8(16-4)13-9(12-7)17-5/h15H,6H2,1-5H3. The lowest BCUT2D eigenvalue weighted by atomic mass is 10.1. The summed E-state index contributed by atoms with van der Waals surface area (Å²) in [5.41, 5.74) is -0.489. The van der Waals surface area contributed by atoms with E-state index in [1.165, 1.54) is 14.2 Å². The maximum Gasteiger partial charge on any atom is 0.324 e. The molecule has 0 atom stereocenters. The lowest BCUT2D eigenvalue weighted by Gasteiger charge is -2.33. The minimum Gasteiger partial charge on any atom is -0.467 e. The average Bonchev–Trinajstić information content (AvgIpc) is 2.36. The first-order chi connectivity index (χ1) is 7.94. The molecule has 0 aliphatic heterocycles. The fourth-order valence-electron chi connectivity index (χ4n) is 1.04. The Bertz CT molecular complexity index is 362. The quantitative estimate of drug-likeness (QED) is 0.784. The van der Waals surface area contributed by atoms with Crippen LogP contribution in [0.5, 0.6) is 12.0 Å². The van der Waals surface area contributed by atoms with Crippen molar-refractivity contribution in [3.05, 3.63) is 0 Å². The van der Waals surface area contributed by atoms with Gasteiger partial charge in [-0.15, -0.1) is 4.98 Å². The number of likely N-dealkylation sites (N-methyl/N-ethyl adjacent to an activating group) is 1. The topological polar surface area (TPSA) is 80.6 Å². The van der Waals surface area contributed by atoms with Crippen LogP contribution in [-0.2, 0) is 0 Å². The maximum absolute atomic E-state index is 9.30. The second-order valence-corrected chi connectivity index (χ2v) is 4.14. The first-order valence-electron chi connectivity index (χ1n) is 5.13. The van der Waals surface area contributed by atoms with E-state index >= 15 is 0 Å². The molecule has 1 aromatic heterocycles. The average molecular weight is 242 g/mol. The normalized spacial score (nSPS) is 11.2. The third kappa shape index (κ3) is 2.94. The number of methoxy groups -OCH3 is 2. The van der Waals surface area contributed by atoms with Crippen molar-refractivity contribution in [3.8, 4) is 12.0 Å². The van der Waals surface area contributed by atoms with E-state index in [0.717, 1.165) is 0 Å². The van der Waals surface area contributed by atoms with Crippen molar-refractivity contribution in [2.45, 2.75) is 19.4 Å². The highest BCUT2D eigenvalue weighted by Crippen LogP contribution is 2.21. The molecule has 0 bridgehead atoms. The van der Waals surface area contributed by atoms with E-state index in [2.05, 4.69) is 15.0 Å². The van der Waals surface area contributed by atoms with Crippen molar-refractivity contribution < 1.29 is 14.6 Å². The van der Waals surface area contributed by atoms with E-state index in [1.807, 2.05) is 13.8 Å². The van der Waals surface area contributed by atoms with Crippen LogP contribution in [0, 0.1) is 0 Å². The molecule has 0 amide bonds. The fraction of sp³-hybridized carbons (Fsp3) is 0.700. The number of hydrogen-bond donors (Lipinski definition) is 1. The Kier molecular flexibility index (Phi) is 4.06. The van der Waals surface area contributed by atoms with Crippen molar-refractivity contribution in [2.24, 2.45) is 0 Å². The van der Waals surface area contributed by atoms with Crippen LogP contribution in [0.4, 0.5) is 5.95 Å². The molecule has 7 heteroatoms. The first kappa shape index (κ1) is 13.4. The summed E-state index contributed by atoms with van der Waals surface area (Å²) < 4.78 is 9.92. The van der Waals surface area contributed by atoms with Gasteiger partial charge in [0.05, 0.1) is 26.4 Å². The molecule has 0 spiro atoms. The zero-order chi connectivity index (χ0) is 13.1. The molecule has 17 heavy (non-hydrogen) atoms. The zero-order valence-corrected chi connectivity index (χ0v) is 10.8. The van der Waals surface area contributed by atoms with Gasteiger partial charge in [0.2, 0.25) is 5.95 Å². The summed E-state index contributed by atoms with van der Waals surface area (Å²) in [6.45, 7) is 3.71. The second kappa shape index (κ2) is 5.13. The van der Waals surface area contributed by atoms with Crippen LogP contribution in [0.2, 0.25) is 0 Å². The highest BCUT2D eigenvalue weighted by molar-refractivity contribution is 5.34. The highest BCUT2D eigenvalue weighted by Gasteiger charge is 2.26. The van der Waals surface area contributed by atoms with Gasteiger partial charge in [-0.3, -0.25) is 0 Å². The van der Waals surface area contributed by atoms with Gasteiger partial charge in [-0.25, -0.2) is 0 Å². The van der Waals surface area contributed by atoms with Crippen LogP contribution in [0.25, 0.3) is 0 Å². The van der Waals surface area contributed by atoms with Crippen LogP contribution in [-0.4, -0.2) is 53.5 Å². The summed E-state index contributed by atoms with van der Waals surface area (Å²) in [5.74, 6) is 0.382. The number of rotatable bonds is 5. The van der Waals surface area contributed by atoms with E-state index < -0.39 is 5.54 Å². The van der Waals surface area contributed by atoms with Crippen LogP contribution in [0.3, 0.4) is 0 Å². The minimum atomic E-state index is -0.489. The number of ether oxygens (including phenoxy) is 2. The van der Waals surface area contributed by atoms with Gasteiger partial charge in [0.25, 0.3) is 0 Å². The summed E-state index contributed by atoms with van der Waals surface area (Å²) in [7, 11) is 4.72. The Hall–Kier alpha value is -1.63. The number of anilines is 1. The SMILES string of the molecule is COc1nc(OC)nc(N(C)C(C)(C)CO)n1. The van der Waals surface area contributed by atoms with E-state index in [9.17, 15) is 5.11 Å². The number of aromatic nitrogens is 3. The maximum atomic E-state index is 9.30. The van der Waals surface area contributed by atoms with E-state index in [1.54, 1.807) is 11.9 Å². The number of aliphatic hydroxyl groups is 1. The number of aliphatic hydroxyl groups excluding tert-OH is 1. The Morgan fingerprint density at radius 1 is 1.12 bits per heavy atom. The molecule has 1 heterocycles. The van der Waals surface area contributed by atoms with Crippen molar-refractivity contribution in [1.82, 2.24) is 15.0 Å². The third-order valence-electron chi connectivity index (χ3n) is 2.54. The summed E-state index contributed by atoms with van der Waals surface area (Å²) in [5, 5.41) is 9.30. The number of hydrogen-bond acceptors (Lipinski definition) is 7. The highest BCUT2D eigenvalue weighted by atomic mass is 16.5. The third-order valence-corrected chi connectivity index (χ3v) is 2.54. The predicted octanol–water partition coefficient (Wildman–Crippen LogP) is 0.0959. The van der Waals surface area contributed by atoms with Gasteiger partial charge in [-0.2, -0.15) is 9.97 Å². The Labute approximate surface area is 100 Å². The van der Waals surface area contributed by atoms with E-state index in [-0.39, 0.29) is 18.6 Å². The van der Waals surface area contributed by atoms with Gasteiger partial charge in [0.1, 0.15) is 0 Å². The van der Waals surface area contributed by atoms with Crippen molar-refractivity contribution in [3.63, 3.8) is 0 Å². The molecule has 1 aromatic rings. The molecule has 1 N–H and O–H groups in total. The molecule has 0 saturated heterocycles. The smallest absolute Gasteiger partial charge is 0.324 e. The lowest BCUT2D eigenvalue weighted by molar-refractivity contribution is 0.214. The molecule has 7 nitrogen and oxygen atoms in total. The molecule has 1 rings (SSSR count). The minimum absolute atomic E-state index is 0.0280. The lowest BCUT2D eigenvalue weighted by Crippen LogP contribution is -2.45. The van der Waals surface area contributed by atoms with E-state index in [4.69, 9.17) is 9.47 Å². The zero-order valence-electron chi connectivity index (χ0n) is 10.8. The van der Waals surface area contributed by atoms with Gasteiger partial charge >= 0.3 is 12.0 Å². The second-order valence-electron chi connectivity index (χ2n) is 4.14. The largest absolute Gasteiger partial charge is 0.467 e. The van der Waals surface area contributed by atoms with Gasteiger partial charge in [-0.1, -0.05) is 0 Å². The van der Waals surface area contributed by atoms with E-state index in [0.29, 0.717) is 5.95 Å². The summed E-state index contributed by atoms with van der Waals surface area (Å²) >= 11 is 0. The Balaban J connectivity index is 3.12. The summed E-state index contributed by atoms with van der Waals surface area (Å²) in [6.07, 6.45) is 0. The molecule has 96 valence electrons. The van der Waals surface area contributed by atoms with Crippen LogP contribution in [0.15, 0.2) is 0 Å². The van der Waals surface area contributed by atoms with Crippen molar-refractivity contribution in [1.29, 1.82) is 0 Å². The fourth-order valence-corrected chi connectivity index (χ4v) is 1.04. The van der Waals surface area contributed by atoms with Gasteiger partial charge < -0.3 is 19.5 Å². The molecule has 0 aromatic carbocycles. The Morgan fingerprint density at radius 2 is 1.59 bits per heavy atom. The van der Waals surface area contributed by atoms with Crippen LogP contribution >= 0.6 is 0 Å². The Morgan fingerprint density at radius 3 is 1.94 bits per heavy atom. The molecule has 0 saturated carbocycles. The van der Waals surface area contributed by atoms with Gasteiger partial charge in [0.15, 0.2) is 0 Å². The summed E-state index contributed by atoms with van der Waals surface area (Å²) in [6, 6.07) is 0.347. The summed E-state index contributed by atoms with van der Waals surface area (Å²) in [4.78, 5) is 13.8. The predicted molar refractivity (Wildman–Crippen MR) is 62.5 cm³/mol. The number of nitrogens with zero attached hydrogens (tertiary/aromatic N) is 4. The first-order valence-corrected chi connectivity index (χ1v) is 5.13. The molecule has 0 fully saturated rings. The van der Waals surface area contributed by atoms with Gasteiger partial charge in [-0.05, 0) is 13.8 Å². The van der Waals surface area contributed by atoms with Crippen molar-refractivity contribution in [2.75, 3.05) is 32.8 Å². The molecule has 0 aliphatic carbocycles. The van der Waals surface area contributed by atoms with Crippen LogP contribution < -0.4 is 14.4 Å². The molecule has 0 unspecified atom stereocenters. The van der Waals surface area contributed by atoms with Crippen LogP contribution in [0.1, 0.15) is 13.8 Å². The molecular formula is C10H18N4O3. The molecule has 0 radical (unpaired) electrons. The molecule has 0 aliphatic rings.